The Hall–Kier alpha value is -4.72. The number of hydrogen-bond acceptors (Lipinski definition) is 10. The van der Waals surface area contributed by atoms with Crippen LogP contribution in [0.5, 0.6) is 0 Å². The number of nitrogens with zero attached hydrogens (tertiary/aromatic N) is 9. The Morgan fingerprint density at radius 3 is 2.53 bits per heavy atom. The molecule has 2 aliphatic rings. The van der Waals surface area contributed by atoms with Gasteiger partial charge in [0.1, 0.15) is 11.0 Å². The van der Waals surface area contributed by atoms with E-state index in [4.69, 9.17) is 20.0 Å². The van der Waals surface area contributed by atoms with Crippen LogP contribution in [0.1, 0.15) is 64.1 Å². The van der Waals surface area contributed by atoms with E-state index >= 15 is 4.39 Å². The van der Waals surface area contributed by atoms with Gasteiger partial charge in [-0.05, 0) is 90.2 Å². The van der Waals surface area contributed by atoms with Crippen molar-refractivity contribution in [3.63, 3.8) is 0 Å². The summed E-state index contributed by atoms with van der Waals surface area (Å²) in [5, 5.41) is 42.3. The SMILES string of the molecule is Cc1cc2c(nc(N3CC(C)(N(C)C)C3)c3nnn([C@H]4CCN(C(O)OC(C)(C)C)[C@H](CC#N)C4)c32)c(F)c1-c1cccc2cccc(C#N)c12. The van der Waals surface area contributed by atoms with E-state index in [1.165, 1.54) is 0 Å². The van der Waals surface area contributed by atoms with E-state index < -0.39 is 17.8 Å². The average molecular weight is 690 g/mol. The van der Waals surface area contributed by atoms with Gasteiger partial charge in [0.2, 0.25) is 6.41 Å². The summed E-state index contributed by atoms with van der Waals surface area (Å²) in [6.07, 6.45) is 0.172. The van der Waals surface area contributed by atoms with Crippen LogP contribution in [0.4, 0.5) is 10.2 Å². The van der Waals surface area contributed by atoms with Crippen LogP contribution >= 0.6 is 0 Å². The fraction of sp³-hybridized carbons (Fsp3) is 0.462. The van der Waals surface area contributed by atoms with E-state index in [9.17, 15) is 15.6 Å². The van der Waals surface area contributed by atoms with Crippen LogP contribution in [0.2, 0.25) is 0 Å². The second-order valence-corrected chi connectivity index (χ2v) is 15.5. The fourth-order valence-corrected chi connectivity index (χ4v) is 7.82. The molecule has 2 aromatic heterocycles. The Kier molecular flexibility index (Phi) is 8.71. The monoisotopic (exact) mass is 689 g/mol. The highest BCUT2D eigenvalue weighted by Crippen LogP contribution is 2.43. The molecule has 3 atom stereocenters. The van der Waals surface area contributed by atoms with Crippen molar-refractivity contribution in [2.24, 2.45) is 0 Å². The number of aryl methyl sites for hydroxylation is 1. The van der Waals surface area contributed by atoms with Crippen molar-refractivity contribution in [3.8, 4) is 23.3 Å². The maximum atomic E-state index is 17.4. The molecule has 11 nitrogen and oxygen atoms in total. The van der Waals surface area contributed by atoms with E-state index in [-0.39, 0.29) is 29.6 Å². The summed E-state index contributed by atoms with van der Waals surface area (Å²) in [7, 11) is 4.11. The number of likely N-dealkylation sites (N-methyl/N-ethyl adjacent to an activating group) is 1. The number of hydrogen-bond donors (Lipinski definition) is 1. The van der Waals surface area contributed by atoms with Gasteiger partial charge in [-0.3, -0.25) is 4.90 Å². The molecule has 2 fully saturated rings. The van der Waals surface area contributed by atoms with Crippen molar-refractivity contribution in [2.45, 2.75) is 83.5 Å². The summed E-state index contributed by atoms with van der Waals surface area (Å²) in [4.78, 5) is 11.2. The van der Waals surface area contributed by atoms with E-state index in [0.29, 0.717) is 82.4 Å². The number of piperidine rings is 1. The summed E-state index contributed by atoms with van der Waals surface area (Å²) in [5.41, 5.74) is 3.08. The molecule has 3 aromatic carbocycles. The number of benzene rings is 3. The Bertz CT molecular complexity index is 2230. The van der Waals surface area contributed by atoms with Crippen molar-refractivity contribution in [1.82, 2.24) is 29.8 Å². The van der Waals surface area contributed by atoms with Gasteiger partial charge in [0, 0.05) is 42.0 Å². The molecule has 7 rings (SSSR count). The molecule has 1 N–H and O–H groups in total. The zero-order valence-electron chi connectivity index (χ0n) is 30.3. The number of likely N-dealkylation sites (tertiary alicyclic amines) is 1. The van der Waals surface area contributed by atoms with E-state index in [1.807, 2.05) is 73.7 Å². The van der Waals surface area contributed by atoms with Gasteiger partial charge in [-0.15, -0.1) is 5.10 Å². The average Bonchev–Trinajstić information content (AvgIpc) is 3.51. The summed E-state index contributed by atoms with van der Waals surface area (Å²) in [6.45, 7) is 11.6. The molecule has 12 heteroatoms. The highest BCUT2D eigenvalue weighted by atomic mass is 19.1. The number of nitriles is 2. The molecule has 51 heavy (non-hydrogen) atoms. The molecular weight excluding hydrogens is 645 g/mol. The topological polar surface area (TPSA) is 130 Å². The maximum Gasteiger partial charge on any atom is 0.216 e. The zero-order chi connectivity index (χ0) is 36.4. The first-order valence-electron chi connectivity index (χ1n) is 17.5. The van der Waals surface area contributed by atoms with Crippen LogP contribution in [0.3, 0.4) is 0 Å². The van der Waals surface area contributed by atoms with Gasteiger partial charge >= 0.3 is 0 Å². The molecule has 264 valence electrons. The van der Waals surface area contributed by atoms with Crippen LogP contribution in [-0.4, -0.2) is 92.2 Å². The highest BCUT2D eigenvalue weighted by Gasteiger charge is 2.43. The second-order valence-electron chi connectivity index (χ2n) is 15.5. The Labute approximate surface area is 297 Å². The number of pyridine rings is 1. The van der Waals surface area contributed by atoms with Crippen molar-refractivity contribution < 1.29 is 14.2 Å². The minimum atomic E-state index is -1.16. The number of fused-ring (bicyclic) bond motifs is 4. The molecule has 0 bridgehead atoms. The Balaban J connectivity index is 1.41. The summed E-state index contributed by atoms with van der Waals surface area (Å²) in [6, 6.07) is 17.3. The lowest BCUT2D eigenvalue weighted by Gasteiger charge is -2.52. The number of aliphatic hydroxyl groups is 1. The number of halogens is 1. The van der Waals surface area contributed by atoms with Crippen LogP contribution < -0.4 is 4.90 Å². The van der Waals surface area contributed by atoms with Crippen LogP contribution in [-0.2, 0) is 4.74 Å². The van der Waals surface area contributed by atoms with Crippen molar-refractivity contribution in [1.29, 1.82) is 10.5 Å². The standard InChI is InChI=1S/C39H44FN9O2/c1-23-18-29-33(32(40)30(23)28-13-9-11-24-10-8-12-25(20-42)31(24)28)43-36(47-21-39(5,22-47)46(6)7)34-35(29)49(45-44-34)27-15-17-48(26(19-27)14-16-41)37(50)51-38(2,3)4/h8-13,18,26-27,37,50H,14-15,17,19,21-22H2,1-7H3/t26-,27+,37?/m1/s1. The molecule has 5 aromatic rings. The first kappa shape index (κ1) is 34.7. The van der Waals surface area contributed by atoms with Gasteiger partial charge in [-0.1, -0.05) is 35.5 Å². The molecule has 4 heterocycles. The van der Waals surface area contributed by atoms with Gasteiger partial charge in [-0.25, -0.2) is 14.1 Å². The zero-order valence-corrected chi connectivity index (χ0v) is 30.3. The Morgan fingerprint density at radius 2 is 1.86 bits per heavy atom. The molecule has 1 unspecified atom stereocenters. The lowest BCUT2D eigenvalue weighted by Crippen LogP contribution is -2.67. The molecule has 0 amide bonds. The van der Waals surface area contributed by atoms with Crippen molar-refractivity contribution in [2.75, 3.05) is 38.6 Å². The van der Waals surface area contributed by atoms with Crippen LogP contribution in [0.25, 0.3) is 43.8 Å². The van der Waals surface area contributed by atoms with Gasteiger partial charge in [0.25, 0.3) is 0 Å². The molecule has 0 radical (unpaired) electrons. The number of aliphatic hydroxyl groups excluding tert-OH is 1. The van der Waals surface area contributed by atoms with Crippen LogP contribution in [0, 0.1) is 35.4 Å². The third-order valence-electron chi connectivity index (χ3n) is 10.7. The summed E-state index contributed by atoms with van der Waals surface area (Å²) >= 11 is 0. The maximum absolute atomic E-state index is 17.4. The van der Waals surface area contributed by atoms with E-state index in [2.05, 4.69) is 43.0 Å². The minimum absolute atomic E-state index is 0.0834. The van der Waals surface area contributed by atoms with Gasteiger partial charge in [0.15, 0.2) is 17.2 Å². The molecule has 0 spiro atoms. The molecular formula is C39H44FN9O2. The van der Waals surface area contributed by atoms with Crippen molar-refractivity contribution >= 4 is 38.5 Å². The first-order chi connectivity index (χ1) is 24.2. The smallest absolute Gasteiger partial charge is 0.216 e. The molecule has 0 saturated carbocycles. The van der Waals surface area contributed by atoms with Gasteiger partial charge in [-0.2, -0.15) is 10.5 Å². The summed E-state index contributed by atoms with van der Waals surface area (Å²) in [5.74, 6) is 0.115. The number of aromatic nitrogens is 4. The highest BCUT2D eigenvalue weighted by molar-refractivity contribution is 6.10. The summed E-state index contributed by atoms with van der Waals surface area (Å²) < 4.78 is 25.1. The first-order valence-corrected chi connectivity index (χ1v) is 17.5. The number of ether oxygens (including phenoxy) is 1. The lowest BCUT2D eigenvalue weighted by atomic mass is 9.90. The molecule has 2 aliphatic heterocycles. The molecule has 2 saturated heterocycles. The quantitative estimate of drug-likeness (QED) is 0.195. The number of rotatable bonds is 7. The molecule has 0 aliphatic carbocycles. The second kappa shape index (κ2) is 12.8. The van der Waals surface area contributed by atoms with Crippen molar-refractivity contribution in [3.05, 3.63) is 59.4 Å². The predicted molar refractivity (Wildman–Crippen MR) is 195 cm³/mol. The third-order valence-corrected chi connectivity index (χ3v) is 10.7. The van der Waals surface area contributed by atoms with Gasteiger partial charge in [0.05, 0.1) is 41.3 Å². The van der Waals surface area contributed by atoms with Gasteiger partial charge < -0.3 is 19.6 Å². The third kappa shape index (κ3) is 5.96. The van der Waals surface area contributed by atoms with Crippen LogP contribution in [0.15, 0.2) is 42.5 Å². The Morgan fingerprint density at radius 1 is 1.14 bits per heavy atom. The van der Waals surface area contributed by atoms with E-state index in [0.717, 1.165) is 5.39 Å². The number of anilines is 1. The predicted octanol–water partition coefficient (Wildman–Crippen LogP) is 6.27. The normalized spacial score (nSPS) is 20.1. The van der Waals surface area contributed by atoms with E-state index in [1.54, 1.807) is 6.07 Å². The largest absolute Gasteiger partial charge is 0.356 e. The lowest BCUT2D eigenvalue weighted by molar-refractivity contribution is -0.253. The fourth-order valence-electron chi connectivity index (χ4n) is 7.82. The minimum Gasteiger partial charge on any atom is -0.356 e.